The lowest BCUT2D eigenvalue weighted by atomic mass is 10.1. The zero-order valence-corrected chi connectivity index (χ0v) is 15.8. The highest BCUT2D eigenvalue weighted by atomic mass is 32.2. The van der Waals surface area contributed by atoms with E-state index >= 15 is 0 Å². The van der Waals surface area contributed by atoms with E-state index in [9.17, 15) is 8.42 Å². The van der Waals surface area contributed by atoms with Gasteiger partial charge < -0.3 is 24.8 Å². The first-order chi connectivity index (χ1) is 11.9. The molecule has 0 bridgehead atoms. The van der Waals surface area contributed by atoms with Gasteiger partial charge in [0.15, 0.2) is 27.3 Å². The van der Waals surface area contributed by atoms with E-state index in [0.717, 1.165) is 5.56 Å². The van der Waals surface area contributed by atoms with Crippen LogP contribution in [0.25, 0.3) is 0 Å². The molecule has 25 heavy (non-hydrogen) atoms. The fourth-order valence-corrected chi connectivity index (χ4v) is 4.45. The van der Waals surface area contributed by atoms with Crippen LogP contribution in [0.15, 0.2) is 17.1 Å². The van der Waals surface area contributed by atoms with Gasteiger partial charge in [-0.05, 0) is 18.6 Å². The molecule has 0 radical (unpaired) electrons. The van der Waals surface area contributed by atoms with Crippen LogP contribution in [0.4, 0.5) is 0 Å². The number of methoxy groups -OCH3 is 3. The van der Waals surface area contributed by atoms with Gasteiger partial charge >= 0.3 is 0 Å². The summed E-state index contributed by atoms with van der Waals surface area (Å²) in [6.07, 6.45) is 0.586. The lowest BCUT2D eigenvalue weighted by molar-refractivity contribution is 0.322. The number of aliphatic imine (C=N–C) groups is 1. The number of nitrogens with zero attached hydrogens (tertiary/aromatic N) is 1. The molecule has 2 N–H and O–H groups in total. The summed E-state index contributed by atoms with van der Waals surface area (Å²) in [6, 6.07) is 3.56. The van der Waals surface area contributed by atoms with Crippen molar-refractivity contribution in [3.05, 3.63) is 17.7 Å². The highest BCUT2D eigenvalue weighted by Crippen LogP contribution is 2.39. The third kappa shape index (κ3) is 4.68. The van der Waals surface area contributed by atoms with Gasteiger partial charge in [0, 0.05) is 25.2 Å². The lowest BCUT2D eigenvalue weighted by Gasteiger charge is -2.19. The molecule has 1 heterocycles. The van der Waals surface area contributed by atoms with Crippen molar-refractivity contribution in [3.63, 3.8) is 0 Å². The van der Waals surface area contributed by atoms with Crippen molar-refractivity contribution in [2.24, 2.45) is 4.99 Å². The highest BCUT2D eigenvalue weighted by Gasteiger charge is 2.28. The van der Waals surface area contributed by atoms with Crippen molar-refractivity contribution in [3.8, 4) is 17.2 Å². The Morgan fingerprint density at radius 3 is 2.44 bits per heavy atom. The van der Waals surface area contributed by atoms with Crippen LogP contribution in [0, 0.1) is 0 Å². The van der Waals surface area contributed by atoms with Crippen molar-refractivity contribution in [1.29, 1.82) is 0 Å². The summed E-state index contributed by atoms with van der Waals surface area (Å²) < 4.78 is 39.2. The Hall–Kier alpha value is -2.16. The summed E-state index contributed by atoms with van der Waals surface area (Å²) >= 11 is 0. The van der Waals surface area contributed by atoms with Gasteiger partial charge in [-0.25, -0.2) is 8.42 Å². The van der Waals surface area contributed by atoms with Gasteiger partial charge in [0.2, 0.25) is 5.75 Å². The van der Waals surface area contributed by atoms with Gasteiger partial charge in [0.25, 0.3) is 0 Å². The number of sulfone groups is 1. The van der Waals surface area contributed by atoms with E-state index in [4.69, 9.17) is 14.2 Å². The van der Waals surface area contributed by atoms with Crippen LogP contribution in [0.2, 0.25) is 0 Å². The molecule has 0 amide bonds. The van der Waals surface area contributed by atoms with E-state index in [1.807, 2.05) is 6.07 Å². The first-order valence-electron chi connectivity index (χ1n) is 7.89. The molecule has 1 aromatic carbocycles. The van der Waals surface area contributed by atoms with E-state index in [1.165, 1.54) is 0 Å². The summed E-state index contributed by atoms with van der Waals surface area (Å²) in [7, 11) is 3.39. The number of ether oxygens (including phenoxy) is 3. The van der Waals surface area contributed by atoms with Gasteiger partial charge in [0.05, 0.1) is 32.8 Å². The molecule has 2 rings (SSSR count). The van der Waals surface area contributed by atoms with E-state index in [1.54, 1.807) is 34.4 Å². The molecular formula is C16H25N3O5S. The van der Waals surface area contributed by atoms with Gasteiger partial charge in [-0.3, -0.25) is 4.99 Å². The Bertz CT molecular complexity index is 734. The maximum atomic E-state index is 11.6. The first kappa shape index (κ1) is 19.2. The maximum Gasteiger partial charge on any atom is 0.203 e. The summed E-state index contributed by atoms with van der Waals surface area (Å²) in [5, 5.41) is 6.31. The maximum absolute atomic E-state index is 11.6. The predicted octanol–water partition coefficient (Wildman–Crippen LogP) is 0.564. The van der Waals surface area contributed by atoms with E-state index in [0.29, 0.717) is 36.2 Å². The molecule has 8 nitrogen and oxygen atoms in total. The van der Waals surface area contributed by atoms with E-state index in [-0.39, 0.29) is 17.5 Å². The Morgan fingerprint density at radius 2 is 1.92 bits per heavy atom. The molecule has 1 aliphatic heterocycles. The second-order valence-electron chi connectivity index (χ2n) is 5.66. The third-order valence-corrected chi connectivity index (χ3v) is 5.80. The molecule has 1 aliphatic rings. The molecule has 0 aliphatic carbocycles. The molecule has 0 spiro atoms. The minimum atomic E-state index is -2.94. The third-order valence-electron chi connectivity index (χ3n) is 4.03. The minimum absolute atomic E-state index is 0.122. The Kier molecular flexibility index (Phi) is 6.35. The van der Waals surface area contributed by atoms with Crippen molar-refractivity contribution in [1.82, 2.24) is 10.6 Å². The van der Waals surface area contributed by atoms with Crippen LogP contribution in [0.3, 0.4) is 0 Å². The molecule has 1 saturated heterocycles. The number of benzene rings is 1. The van der Waals surface area contributed by atoms with Gasteiger partial charge in [0.1, 0.15) is 0 Å². The average Bonchev–Trinajstić information content (AvgIpc) is 2.95. The quantitative estimate of drug-likeness (QED) is 0.557. The molecule has 0 saturated carbocycles. The molecule has 1 unspecified atom stereocenters. The molecular weight excluding hydrogens is 346 g/mol. The second kappa shape index (κ2) is 8.28. The van der Waals surface area contributed by atoms with Crippen LogP contribution in [0.1, 0.15) is 12.0 Å². The first-order valence-corrected chi connectivity index (χ1v) is 9.71. The topological polar surface area (TPSA) is 98.2 Å². The van der Waals surface area contributed by atoms with Crippen molar-refractivity contribution >= 4 is 15.8 Å². The van der Waals surface area contributed by atoms with Crippen molar-refractivity contribution < 1.29 is 22.6 Å². The SMILES string of the molecule is CN=C(NCc1ccc(OC)c(OC)c1OC)NC1CCS(=O)(=O)C1. The van der Waals surface area contributed by atoms with Crippen LogP contribution < -0.4 is 24.8 Å². The lowest BCUT2D eigenvalue weighted by Crippen LogP contribution is -2.43. The monoisotopic (exact) mass is 371 g/mol. The summed E-state index contributed by atoms with van der Waals surface area (Å²) in [5.74, 6) is 2.57. The second-order valence-corrected chi connectivity index (χ2v) is 7.89. The molecule has 1 fully saturated rings. The normalized spacial score (nSPS) is 19.4. The van der Waals surface area contributed by atoms with Crippen LogP contribution >= 0.6 is 0 Å². The number of rotatable bonds is 6. The molecule has 9 heteroatoms. The number of nitrogens with one attached hydrogen (secondary N) is 2. The fourth-order valence-electron chi connectivity index (χ4n) is 2.78. The minimum Gasteiger partial charge on any atom is -0.493 e. The largest absolute Gasteiger partial charge is 0.493 e. The summed E-state index contributed by atoms with van der Waals surface area (Å²) in [5.41, 5.74) is 0.863. The highest BCUT2D eigenvalue weighted by molar-refractivity contribution is 7.91. The summed E-state index contributed by atoms with van der Waals surface area (Å²) in [4.78, 5) is 4.15. The van der Waals surface area contributed by atoms with Gasteiger partial charge in [-0.15, -0.1) is 0 Å². The Morgan fingerprint density at radius 1 is 1.20 bits per heavy atom. The van der Waals surface area contributed by atoms with E-state index in [2.05, 4.69) is 15.6 Å². The van der Waals surface area contributed by atoms with Gasteiger partial charge in [-0.2, -0.15) is 0 Å². The number of hydrogen-bond donors (Lipinski definition) is 2. The zero-order chi connectivity index (χ0) is 18.4. The van der Waals surface area contributed by atoms with Crippen LogP contribution in [-0.4, -0.2) is 60.3 Å². The zero-order valence-electron chi connectivity index (χ0n) is 15.0. The number of hydrogen-bond acceptors (Lipinski definition) is 6. The van der Waals surface area contributed by atoms with Crippen molar-refractivity contribution in [2.45, 2.75) is 19.0 Å². The summed E-state index contributed by atoms with van der Waals surface area (Å²) in [6.45, 7) is 0.433. The average molecular weight is 371 g/mol. The Labute approximate surface area is 148 Å². The fraction of sp³-hybridized carbons (Fsp3) is 0.562. The molecule has 1 aromatic rings. The van der Waals surface area contributed by atoms with E-state index < -0.39 is 9.84 Å². The smallest absolute Gasteiger partial charge is 0.203 e. The standard InChI is InChI=1S/C16H25N3O5S/c1-17-16(19-12-7-8-25(20,21)10-12)18-9-11-5-6-13(22-2)15(24-4)14(11)23-3/h5-6,12H,7-10H2,1-4H3,(H2,17,18,19). The molecule has 1 atom stereocenters. The van der Waals surface area contributed by atoms with Crippen LogP contribution in [0.5, 0.6) is 17.2 Å². The Balaban J connectivity index is 2.06. The van der Waals surface area contributed by atoms with Crippen LogP contribution in [-0.2, 0) is 16.4 Å². The van der Waals surface area contributed by atoms with Crippen molar-refractivity contribution in [2.75, 3.05) is 39.9 Å². The molecule has 140 valence electrons. The van der Waals surface area contributed by atoms with Gasteiger partial charge in [-0.1, -0.05) is 0 Å². The predicted molar refractivity (Wildman–Crippen MR) is 96.5 cm³/mol. The molecule has 0 aromatic heterocycles. The number of guanidine groups is 1.